The number of rotatable bonds is 8. The first kappa shape index (κ1) is 21.4. The molecule has 0 saturated heterocycles. The minimum absolute atomic E-state index is 0.0902. The smallest absolute Gasteiger partial charge is 0.243 e. The Kier molecular flexibility index (Phi) is 7.38. The number of hydrogen-bond acceptors (Lipinski definition) is 4. The van der Waals surface area contributed by atoms with E-state index in [0.717, 1.165) is 17.3 Å². The number of halogens is 1. The van der Waals surface area contributed by atoms with Crippen LogP contribution in [0.4, 0.5) is 5.69 Å². The van der Waals surface area contributed by atoms with Crippen molar-refractivity contribution in [3.63, 3.8) is 0 Å². The second kappa shape index (κ2) is 9.32. The van der Waals surface area contributed by atoms with Crippen LogP contribution in [0.25, 0.3) is 0 Å². The van der Waals surface area contributed by atoms with Gasteiger partial charge in [-0.25, -0.2) is 8.42 Å². The maximum absolute atomic E-state index is 12.5. The van der Waals surface area contributed by atoms with Crippen molar-refractivity contribution in [2.24, 2.45) is 0 Å². The third kappa shape index (κ3) is 6.32. The number of nitrogens with zero attached hydrogens (tertiary/aromatic N) is 2. The van der Waals surface area contributed by atoms with Gasteiger partial charge in [-0.05, 0) is 62.5 Å². The molecule has 0 bridgehead atoms. The number of carbonyl (C=O) groups is 1. The van der Waals surface area contributed by atoms with Crippen LogP contribution in [0.3, 0.4) is 0 Å². The summed E-state index contributed by atoms with van der Waals surface area (Å²) in [5.74, 6) is -0.406. The van der Waals surface area contributed by atoms with Gasteiger partial charge in [0.25, 0.3) is 0 Å². The van der Waals surface area contributed by atoms with E-state index in [1.165, 1.54) is 36.9 Å². The Bertz CT molecular complexity index is 866. The number of amides is 1. The normalized spacial score (nSPS) is 11.8. The molecule has 27 heavy (non-hydrogen) atoms. The lowest BCUT2D eigenvalue weighted by Gasteiger charge is -2.17. The van der Waals surface area contributed by atoms with Gasteiger partial charge in [0.15, 0.2) is 0 Å². The first-order valence-corrected chi connectivity index (χ1v) is 10.3. The maximum Gasteiger partial charge on any atom is 0.243 e. The first-order valence-electron chi connectivity index (χ1n) is 8.44. The number of nitrogens with one attached hydrogen (secondary N) is 1. The molecule has 0 unspecified atom stereocenters. The fourth-order valence-corrected chi connectivity index (χ4v) is 3.63. The summed E-state index contributed by atoms with van der Waals surface area (Å²) in [4.78, 5) is 14.4. The van der Waals surface area contributed by atoms with Crippen LogP contribution < -0.4 is 5.32 Å². The predicted octanol–water partition coefficient (Wildman–Crippen LogP) is 2.70. The van der Waals surface area contributed by atoms with Crippen LogP contribution >= 0.6 is 11.6 Å². The summed E-state index contributed by atoms with van der Waals surface area (Å²) < 4.78 is 26.0. The van der Waals surface area contributed by atoms with Crippen LogP contribution in [-0.4, -0.2) is 57.8 Å². The van der Waals surface area contributed by atoms with E-state index in [-0.39, 0.29) is 11.4 Å². The average Bonchev–Trinajstić information content (AvgIpc) is 2.61. The van der Waals surface area contributed by atoms with Gasteiger partial charge < -0.3 is 10.2 Å². The highest BCUT2D eigenvalue weighted by atomic mass is 35.5. The van der Waals surface area contributed by atoms with Crippen molar-refractivity contribution in [3.05, 3.63) is 59.1 Å². The molecule has 0 radical (unpaired) electrons. The fraction of sp³-hybridized carbons (Fsp3) is 0.316. The van der Waals surface area contributed by atoms with Crippen molar-refractivity contribution < 1.29 is 13.2 Å². The lowest BCUT2D eigenvalue weighted by atomic mass is 10.1. The van der Waals surface area contributed by atoms with Gasteiger partial charge in [0.2, 0.25) is 15.9 Å². The monoisotopic (exact) mass is 409 g/mol. The molecule has 0 aromatic heterocycles. The van der Waals surface area contributed by atoms with Crippen LogP contribution in [0, 0.1) is 0 Å². The third-order valence-corrected chi connectivity index (χ3v) is 6.04. The zero-order valence-electron chi connectivity index (χ0n) is 15.6. The summed E-state index contributed by atoms with van der Waals surface area (Å²) in [5, 5.41) is 3.17. The van der Waals surface area contributed by atoms with Crippen LogP contribution in [0.2, 0.25) is 5.02 Å². The first-order chi connectivity index (χ1) is 12.7. The molecule has 146 valence electrons. The summed E-state index contributed by atoms with van der Waals surface area (Å²) in [5.41, 5.74) is 1.80. The lowest BCUT2D eigenvalue weighted by Crippen LogP contribution is -2.34. The topological polar surface area (TPSA) is 69.7 Å². The molecule has 0 heterocycles. The van der Waals surface area contributed by atoms with E-state index >= 15 is 0 Å². The standard InChI is InChI=1S/C19H24ClN3O3S/c1-22(2)13-12-15-4-8-17(9-5-15)21-19(24)14-23(3)27(25,26)18-10-6-16(20)7-11-18/h4-11H,12-14H2,1-3H3,(H,21,24). The Morgan fingerprint density at radius 2 is 1.59 bits per heavy atom. The molecule has 0 aliphatic rings. The van der Waals surface area contributed by atoms with Gasteiger partial charge in [-0.15, -0.1) is 0 Å². The molecule has 6 nitrogen and oxygen atoms in total. The number of carbonyl (C=O) groups excluding carboxylic acids is 1. The number of benzene rings is 2. The fourth-order valence-electron chi connectivity index (χ4n) is 2.38. The Morgan fingerprint density at radius 3 is 2.15 bits per heavy atom. The number of sulfonamides is 1. The molecule has 0 aliphatic carbocycles. The highest BCUT2D eigenvalue weighted by Crippen LogP contribution is 2.17. The number of hydrogen-bond donors (Lipinski definition) is 1. The number of likely N-dealkylation sites (N-methyl/N-ethyl adjacent to an activating group) is 2. The van der Waals surface area contributed by atoms with Gasteiger partial charge in [-0.1, -0.05) is 23.7 Å². The molecule has 2 aromatic rings. The summed E-state index contributed by atoms with van der Waals surface area (Å²) in [7, 11) is 1.65. The van der Waals surface area contributed by atoms with Crippen LogP contribution in [0.15, 0.2) is 53.4 Å². The quantitative estimate of drug-likeness (QED) is 0.727. The number of anilines is 1. The Balaban J connectivity index is 1.95. The molecule has 8 heteroatoms. The zero-order valence-corrected chi connectivity index (χ0v) is 17.2. The van der Waals surface area contributed by atoms with Crippen molar-refractivity contribution in [1.29, 1.82) is 0 Å². The van der Waals surface area contributed by atoms with Crippen LogP contribution in [0.1, 0.15) is 5.56 Å². The SMILES string of the molecule is CN(C)CCc1ccc(NC(=O)CN(C)S(=O)(=O)c2ccc(Cl)cc2)cc1. The van der Waals surface area contributed by atoms with Crippen molar-refractivity contribution >= 4 is 33.2 Å². The van der Waals surface area contributed by atoms with Crippen molar-refractivity contribution in [3.8, 4) is 0 Å². The minimum atomic E-state index is -3.76. The predicted molar refractivity (Wildman–Crippen MR) is 109 cm³/mol. The third-order valence-electron chi connectivity index (χ3n) is 3.97. The molecule has 0 saturated carbocycles. The zero-order chi connectivity index (χ0) is 20.0. The summed E-state index contributed by atoms with van der Waals surface area (Å²) in [6.07, 6.45) is 0.920. The lowest BCUT2D eigenvalue weighted by molar-refractivity contribution is -0.116. The van der Waals surface area contributed by atoms with E-state index < -0.39 is 15.9 Å². The Morgan fingerprint density at radius 1 is 1.00 bits per heavy atom. The van der Waals surface area contributed by atoms with E-state index in [1.54, 1.807) is 0 Å². The summed E-state index contributed by atoms with van der Waals surface area (Å²) in [6.45, 7) is 0.659. The summed E-state index contributed by atoms with van der Waals surface area (Å²) in [6, 6.07) is 13.4. The largest absolute Gasteiger partial charge is 0.325 e. The van der Waals surface area contributed by atoms with Crippen LogP contribution in [-0.2, 0) is 21.2 Å². The van der Waals surface area contributed by atoms with Crippen LogP contribution in [0.5, 0.6) is 0 Å². The molecule has 1 N–H and O–H groups in total. The summed E-state index contributed by atoms with van der Waals surface area (Å²) >= 11 is 5.79. The average molecular weight is 410 g/mol. The molecule has 2 rings (SSSR count). The van der Waals surface area contributed by atoms with Gasteiger partial charge in [0.05, 0.1) is 11.4 Å². The van der Waals surface area contributed by atoms with E-state index in [0.29, 0.717) is 10.7 Å². The van der Waals surface area contributed by atoms with E-state index in [1.807, 2.05) is 38.4 Å². The van der Waals surface area contributed by atoms with E-state index in [9.17, 15) is 13.2 Å². The highest BCUT2D eigenvalue weighted by Gasteiger charge is 2.22. The minimum Gasteiger partial charge on any atom is -0.325 e. The van der Waals surface area contributed by atoms with Crippen molar-refractivity contribution in [2.75, 3.05) is 39.5 Å². The van der Waals surface area contributed by atoms with Gasteiger partial charge in [0, 0.05) is 24.3 Å². The van der Waals surface area contributed by atoms with Gasteiger partial charge in [-0.3, -0.25) is 4.79 Å². The van der Waals surface area contributed by atoms with Gasteiger partial charge in [-0.2, -0.15) is 4.31 Å². The van der Waals surface area contributed by atoms with Crippen molar-refractivity contribution in [1.82, 2.24) is 9.21 Å². The van der Waals surface area contributed by atoms with Gasteiger partial charge >= 0.3 is 0 Å². The van der Waals surface area contributed by atoms with E-state index in [4.69, 9.17) is 11.6 Å². The molecule has 0 fully saturated rings. The molecule has 0 aliphatic heterocycles. The highest BCUT2D eigenvalue weighted by molar-refractivity contribution is 7.89. The molecule has 0 spiro atoms. The second-order valence-corrected chi connectivity index (χ2v) is 8.99. The molecule has 1 amide bonds. The van der Waals surface area contributed by atoms with Gasteiger partial charge in [0.1, 0.15) is 0 Å². The second-order valence-electron chi connectivity index (χ2n) is 6.51. The Labute approximate surface area is 165 Å². The molecule has 2 aromatic carbocycles. The molecular formula is C19H24ClN3O3S. The molecule has 0 atom stereocenters. The van der Waals surface area contributed by atoms with E-state index in [2.05, 4.69) is 10.2 Å². The Hall–Kier alpha value is -1.93. The maximum atomic E-state index is 12.5. The molecular weight excluding hydrogens is 386 g/mol. The van der Waals surface area contributed by atoms with Crippen molar-refractivity contribution in [2.45, 2.75) is 11.3 Å².